The van der Waals surface area contributed by atoms with Gasteiger partial charge in [-0.1, -0.05) is 30.3 Å². The van der Waals surface area contributed by atoms with Gasteiger partial charge in [0.2, 0.25) is 5.95 Å². The molecule has 1 aliphatic rings. The summed E-state index contributed by atoms with van der Waals surface area (Å²) < 4.78 is 41.6. The fourth-order valence-electron chi connectivity index (χ4n) is 3.79. The number of hydrogen-bond donors (Lipinski definition) is 2. The Morgan fingerprint density at radius 3 is 2.41 bits per heavy atom. The van der Waals surface area contributed by atoms with Crippen LogP contribution in [0.25, 0.3) is 11.3 Å². The zero-order chi connectivity index (χ0) is 22.6. The van der Waals surface area contributed by atoms with Crippen LogP contribution in [0.5, 0.6) is 0 Å². The van der Waals surface area contributed by atoms with E-state index in [0.717, 1.165) is 11.6 Å². The van der Waals surface area contributed by atoms with Crippen LogP contribution >= 0.6 is 0 Å². The summed E-state index contributed by atoms with van der Waals surface area (Å²) in [6, 6.07) is 15.5. The van der Waals surface area contributed by atoms with Crippen LogP contribution in [0.1, 0.15) is 5.56 Å². The molecule has 4 rings (SSSR count). The van der Waals surface area contributed by atoms with Crippen LogP contribution in [0.2, 0.25) is 0 Å². The van der Waals surface area contributed by atoms with Gasteiger partial charge in [-0.3, -0.25) is 4.90 Å². The van der Waals surface area contributed by atoms with Crippen molar-refractivity contribution in [1.29, 1.82) is 0 Å². The van der Waals surface area contributed by atoms with Gasteiger partial charge in [-0.2, -0.15) is 13.2 Å². The van der Waals surface area contributed by atoms with Crippen LogP contribution in [0.4, 0.5) is 30.5 Å². The molecule has 0 spiro atoms. The summed E-state index contributed by atoms with van der Waals surface area (Å²) in [6.45, 7) is 2.73. The third-order valence-corrected chi connectivity index (χ3v) is 5.41. The maximum Gasteiger partial charge on any atom is 0.418 e. The molecule has 1 aromatic heterocycles. The number of hydrogen-bond acceptors (Lipinski definition) is 6. The van der Waals surface area contributed by atoms with Crippen molar-refractivity contribution in [3.8, 4) is 11.3 Å². The van der Waals surface area contributed by atoms with E-state index in [1.807, 2.05) is 35.2 Å². The zero-order valence-electron chi connectivity index (χ0n) is 17.4. The van der Waals surface area contributed by atoms with E-state index >= 15 is 0 Å². The van der Waals surface area contributed by atoms with Gasteiger partial charge in [-0.05, 0) is 24.3 Å². The molecule has 0 unspecified atom stereocenters. The Balaban J connectivity index is 1.56. The summed E-state index contributed by atoms with van der Waals surface area (Å²) >= 11 is 0. The van der Waals surface area contributed by atoms with Crippen LogP contribution in [0, 0.1) is 0 Å². The Hall–Kier alpha value is -3.17. The Morgan fingerprint density at radius 2 is 1.72 bits per heavy atom. The molecule has 2 heterocycles. The van der Waals surface area contributed by atoms with Gasteiger partial charge >= 0.3 is 6.18 Å². The minimum absolute atomic E-state index is 0.0434. The fourth-order valence-corrected chi connectivity index (χ4v) is 3.79. The largest absolute Gasteiger partial charge is 0.418 e. The lowest BCUT2D eigenvalue weighted by Gasteiger charge is -2.37. The number of rotatable bonds is 6. The number of β-amino-alcohol motifs (C(OH)–C–C–N with tert-alkyl or cyclic N) is 1. The molecule has 32 heavy (non-hydrogen) atoms. The number of aromatic nitrogens is 2. The smallest absolute Gasteiger partial charge is 0.395 e. The van der Waals surface area contributed by atoms with E-state index in [1.54, 1.807) is 23.2 Å². The summed E-state index contributed by atoms with van der Waals surface area (Å²) in [5, 5.41) is 12.0. The molecule has 0 bridgehead atoms. The summed E-state index contributed by atoms with van der Waals surface area (Å²) in [7, 11) is 0. The lowest BCUT2D eigenvalue weighted by atomic mass is 10.1. The number of halogens is 3. The van der Waals surface area contributed by atoms with Crippen molar-refractivity contribution in [2.24, 2.45) is 0 Å². The molecule has 0 aliphatic carbocycles. The highest BCUT2D eigenvalue weighted by atomic mass is 19.4. The topological polar surface area (TPSA) is 64.5 Å². The first-order valence-corrected chi connectivity index (χ1v) is 10.4. The van der Waals surface area contributed by atoms with Gasteiger partial charge < -0.3 is 15.3 Å². The number of nitrogens with zero attached hydrogens (tertiary/aromatic N) is 4. The molecule has 0 saturated carbocycles. The maximum atomic E-state index is 13.9. The van der Waals surface area contributed by atoms with Crippen molar-refractivity contribution in [2.75, 3.05) is 49.5 Å². The van der Waals surface area contributed by atoms with Gasteiger partial charge in [0.25, 0.3) is 0 Å². The second-order valence-electron chi connectivity index (χ2n) is 7.54. The second-order valence-corrected chi connectivity index (χ2v) is 7.54. The Labute approximate surface area is 184 Å². The van der Waals surface area contributed by atoms with Gasteiger partial charge in [0, 0.05) is 55.9 Å². The normalized spacial score (nSPS) is 15.1. The number of piperazine rings is 1. The highest BCUT2D eigenvalue weighted by Crippen LogP contribution is 2.39. The van der Waals surface area contributed by atoms with Gasteiger partial charge in [0.05, 0.1) is 17.9 Å². The number of nitrogens with one attached hydrogen (secondary N) is 1. The van der Waals surface area contributed by atoms with E-state index in [-0.39, 0.29) is 23.9 Å². The third-order valence-electron chi connectivity index (χ3n) is 5.41. The van der Waals surface area contributed by atoms with Gasteiger partial charge in [-0.25, -0.2) is 9.97 Å². The molecule has 1 fully saturated rings. The minimum atomic E-state index is -4.50. The van der Waals surface area contributed by atoms with E-state index in [2.05, 4.69) is 15.3 Å². The van der Waals surface area contributed by atoms with Crippen LogP contribution in [0.3, 0.4) is 0 Å². The number of aliphatic hydroxyl groups is 1. The van der Waals surface area contributed by atoms with Crippen molar-refractivity contribution in [3.63, 3.8) is 0 Å². The standard InChI is InChI=1S/C23H24F3N5O/c24-23(25,26)19-16-18(6-7-21(19)31-12-10-30(11-13-31)14-15-32)28-22-27-9-8-20(29-22)17-4-2-1-3-5-17/h1-9,16,32H,10-15H2,(H,27,28,29). The summed E-state index contributed by atoms with van der Waals surface area (Å²) in [6.07, 6.45) is -2.93. The molecule has 168 valence electrons. The van der Waals surface area contributed by atoms with Gasteiger partial charge in [0.15, 0.2) is 0 Å². The first kappa shape index (κ1) is 22.0. The number of aliphatic hydroxyl groups excluding tert-OH is 1. The van der Waals surface area contributed by atoms with Crippen LogP contribution < -0.4 is 10.2 Å². The van der Waals surface area contributed by atoms with E-state index in [4.69, 9.17) is 5.11 Å². The molecule has 3 aromatic rings. The molecule has 0 radical (unpaired) electrons. The molecule has 1 saturated heterocycles. The molecule has 1 aliphatic heterocycles. The molecule has 2 aromatic carbocycles. The van der Waals surface area contributed by atoms with Crippen molar-refractivity contribution in [1.82, 2.24) is 14.9 Å². The van der Waals surface area contributed by atoms with Gasteiger partial charge in [0.1, 0.15) is 0 Å². The highest BCUT2D eigenvalue weighted by Gasteiger charge is 2.36. The molecular formula is C23H24F3N5O. The van der Waals surface area contributed by atoms with Crippen LogP contribution in [-0.2, 0) is 6.18 Å². The van der Waals surface area contributed by atoms with Crippen molar-refractivity contribution in [3.05, 3.63) is 66.4 Å². The molecule has 0 atom stereocenters. The summed E-state index contributed by atoms with van der Waals surface area (Å²) in [4.78, 5) is 12.4. The summed E-state index contributed by atoms with van der Waals surface area (Å²) in [5.74, 6) is 0.227. The van der Waals surface area contributed by atoms with Gasteiger partial charge in [-0.15, -0.1) is 0 Å². The second kappa shape index (κ2) is 9.54. The predicted molar refractivity (Wildman–Crippen MR) is 118 cm³/mol. The highest BCUT2D eigenvalue weighted by molar-refractivity contribution is 5.66. The Morgan fingerprint density at radius 1 is 0.969 bits per heavy atom. The van der Waals surface area contributed by atoms with E-state index in [1.165, 1.54) is 6.07 Å². The average Bonchev–Trinajstić information content (AvgIpc) is 2.80. The molecule has 0 amide bonds. The quantitative estimate of drug-likeness (QED) is 0.600. The van der Waals surface area contributed by atoms with Crippen molar-refractivity contribution in [2.45, 2.75) is 6.18 Å². The third kappa shape index (κ3) is 5.17. The molecule has 9 heteroatoms. The number of anilines is 3. The minimum Gasteiger partial charge on any atom is -0.395 e. The van der Waals surface area contributed by atoms with Crippen LogP contribution in [0.15, 0.2) is 60.8 Å². The number of benzene rings is 2. The molecule has 2 N–H and O–H groups in total. The maximum absolute atomic E-state index is 13.9. The molecule has 6 nitrogen and oxygen atoms in total. The fraction of sp³-hybridized carbons (Fsp3) is 0.304. The first-order chi connectivity index (χ1) is 15.4. The number of alkyl halides is 3. The molecular weight excluding hydrogens is 419 g/mol. The van der Waals surface area contributed by atoms with Crippen molar-refractivity contribution >= 4 is 17.3 Å². The van der Waals surface area contributed by atoms with E-state index in [0.29, 0.717) is 38.4 Å². The lowest BCUT2D eigenvalue weighted by molar-refractivity contribution is -0.137. The SMILES string of the molecule is OCCN1CCN(c2ccc(Nc3nccc(-c4ccccc4)n3)cc2C(F)(F)F)CC1. The van der Waals surface area contributed by atoms with Crippen LogP contribution in [-0.4, -0.2) is 59.3 Å². The monoisotopic (exact) mass is 443 g/mol. The Kier molecular flexibility index (Phi) is 6.57. The lowest BCUT2D eigenvalue weighted by Crippen LogP contribution is -2.47. The zero-order valence-corrected chi connectivity index (χ0v) is 17.4. The predicted octanol–water partition coefficient (Wildman–Crippen LogP) is 4.02. The summed E-state index contributed by atoms with van der Waals surface area (Å²) in [5.41, 5.74) is 1.30. The van der Waals surface area contributed by atoms with E-state index < -0.39 is 11.7 Å². The van der Waals surface area contributed by atoms with E-state index in [9.17, 15) is 13.2 Å². The Bertz CT molecular complexity index is 1040. The first-order valence-electron chi connectivity index (χ1n) is 10.4. The van der Waals surface area contributed by atoms with Crippen molar-refractivity contribution < 1.29 is 18.3 Å². The average molecular weight is 443 g/mol.